The van der Waals surface area contributed by atoms with Crippen molar-refractivity contribution in [1.29, 1.82) is 0 Å². The summed E-state index contributed by atoms with van der Waals surface area (Å²) < 4.78 is 6.94. The highest BCUT2D eigenvalue weighted by Gasteiger charge is 2.48. The zero-order valence-corrected chi connectivity index (χ0v) is 14.4. The molecule has 3 rings (SSSR count). The Morgan fingerprint density at radius 2 is 2.05 bits per heavy atom. The topological polar surface area (TPSA) is 21.3 Å². The first-order valence-electron chi connectivity index (χ1n) is 7.72. The summed E-state index contributed by atoms with van der Waals surface area (Å²) in [5.41, 5.74) is 1.64. The average Bonchev–Trinajstić information content (AvgIpc) is 2.80. The Morgan fingerprint density at radius 1 is 1.33 bits per heavy atom. The van der Waals surface area contributed by atoms with Crippen molar-refractivity contribution in [3.05, 3.63) is 34.7 Å². The molecule has 1 N–H and O–H groups in total. The van der Waals surface area contributed by atoms with Gasteiger partial charge in [0.2, 0.25) is 0 Å². The van der Waals surface area contributed by atoms with E-state index in [2.05, 4.69) is 57.3 Å². The highest BCUT2D eigenvalue weighted by molar-refractivity contribution is 7.19. The maximum absolute atomic E-state index is 5.55. The number of aryl methyl sites for hydroxylation is 1. The number of rotatable bonds is 4. The van der Waals surface area contributed by atoms with Crippen LogP contribution in [0, 0.1) is 12.3 Å². The molecule has 0 aliphatic heterocycles. The van der Waals surface area contributed by atoms with Gasteiger partial charge >= 0.3 is 0 Å². The van der Waals surface area contributed by atoms with E-state index in [1.165, 1.54) is 20.5 Å². The van der Waals surface area contributed by atoms with E-state index >= 15 is 0 Å². The summed E-state index contributed by atoms with van der Waals surface area (Å²) in [6.07, 6.45) is 1.49. The van der Waals surface area contributed by atoms with Gasteiger partial charge in [-0.25, -0.2) is 0 Å². The second kappa shape index (κ2) is 5.38. The Balaban J connectivity index is 1.79. The molecule has 1 aromatic carbocycles. The normalized spacial score (nSPS) is 25.8. The molecule has 114 valence electrons. The van der Waals surface area contributed by atoms with E-state index in [0.717, 1.165) is 6.42 Å². The zero-order chi connectivity index (χ0) is 15.2. The van der Waals surface area contributed by atoms with Crippen molar-refractivity contribution in [1.82, 2.24) is 5.32 Å². The van der Waals surface area contributed by atoms with Crippen molar-refractivity contribution < 1.29 is 4.74 Å². The van der Waals surface area contributed by atoms with Crippen LogP contribution in [0.4, 0.5) is 0 Å². The number of hydrogen-bond donors (Lipinski definition) is 1. The van der Waals surface area contributed by atoms with Gasteiger partial charge in [-0.3, -0.25) is 0 Å². The van der Waals surface area contributed by atoms with Crippen LogP contribution in [0.15, 0.2) is 24.3 Å². The molecule has 3 heteroatoms. The molecule has 0 amide bonds. The van der Waals surface area contributed by atoms with E-state index < -0.39 is 0 Å². The van der Waals surface area contributed by atoms with Crippen molar-refractivity contribution in [2.24, 2.45) is 5.41 Å². The maximum Gasteiger partial charge on any atom is 0.0652 e. The SMILES string of the molecule is COC1CC(NC(C)c2sc3ccccc3c2C)C1(C)C. The van der Waals surface area contributed by atoms with Gasteiger partial charge in [-0.15, -0.1) is 11.3 Å². The standard InChI is InChI=1S/C18H25NOS/c1-11-13-8-6-7-9-14(13)21-17(11)12(2)19-15-10-16(20-5)18(15,3)4/h6-9,12,15-16,19H,10H2,1-5H3. The van der Waals surface area contributed by atoms with Gasteiger partial charge in [0, 0.05) is 34.2 Å². The fourth-order valence-electron chi connectivity index (χ4n) is 3.55. The molecule has 21 heavy (non-hydrogen) atoms. The molecule has 0 spiro atoms. The summed E-state index contributed by atoms with van der Waals surface area (Å²) in [5.74, 6) is 0. The molecule has 1 saturated carbocycles. The van der Waals surface area contributed by atoms with Gasteiger partial charge in [0.25, 0.3) is 0 Å². The van der Waals surface area contributed by atoms with E-state index in [-0.39, 0.29) is 5.41 Å². The molecule has 2 aromatic rings. The minimum absolute atomic E-state index is 0.216. The fourth-order valence-corrected chi connectivity index (χ4v) is 4.77. The maximum atomic E-state index is 5.55. The minimum atomic E-state index is 0.216. The number of benzene rings is 1. The first-order valence-corrected chi connectivity index (χ1v) is 8.53. The van der Waals surface area contributed by atoms with Crippen LogP contribution in [0.2, 0.25) is 0 Å². The molecule has 0 radical (unpaired) electrons. The van der Waals surface area contributed by atoms with Crippen LogP contribution < -0.4 is 5.32 Å². The van der Waals surface area contributed by atoms with Crippen LogP contribution in [-0.4, -0.2) is 19.3 Å². The van der Waals surface area contributed by atoms with Gasteiger partial charge in [-0.2, -0.15) is 0 Å². The molecular weight excluding hydrogens is 278 g/mol. The summed E-state index contributed by atoms with van der Waals surface area (Å²) in [7, 11) is 1.82. The van der Waals surface area contributed by atoms with Crippen molar-refractivity contribution in [2.75, 3.05) is 7.11 Å². The lowest BCUT2D eigenvalue weighted by Gasteiger charge is -2.52. The predicted octanol–water partition coefficient (Wildman–Crippen LogP) is 4.67. The smallest absolute Gasteiger partial charge is 0.0652 e. The molecule has 0 saturated heterocycles. The zero-order valence-electron chi connectivity index (χ0n) is 13.6. The first-order chi connectivity index (χ1) is 9.95. The van der Waals surface area contributed by atoms with Gasteiger partial charge in [0.05, 0.1) is 6.10 Å². The number of hydrogen-bond acceptors (Lipinski definition) is 3. The quantitative estimate of drug-likeness (QED) is 0.886. The van der Waals surface area contributed by atoms with Crippen molar-refractivity contribution >= 4 is 21.4 Å². The van der Waals surface area contributed by atoms with Crippen LogP contribution >= 0.6 is 11.3 Å². The monoisotopic (exact) mass is 303 g/mol. The van der Waals surface area contributed by atoms with Gasteiger partial charge in [0.1, 0.15) is 0 Å². The molecule has 3 unspecified atom stereocenters. The van der Waals surface area contributed by atoms with E-state index in [9.17, 15) is 0 Å². The third-order valence-electron chi connectivity index (χ3n) is 5.19. The number of nitrogens with one attached hydrogen (secondary N) is 1. The minimum Gasteiger partial charge on any atom is -0.381 e. The number of methoxy groups -OCH3 is 1. The highest BCUT2D eigenvalue weighted by Crippen LogP contribution is 2.44. The number of fused-ring (bicyclic) bond motifs is 1. The summed E-state index contributed by atoms with van der Waals surface area (Å²) >= 11 is 1.92. The fraction of sp³-hybridized carbons (Fsp3) is 0.556. The Kier molecular flexibility index (Phi) is 3.85. The molecule has 1 aliphatic carbocycles. The lowest BCUT2D eigenvalue weighted by atomic mass is 9.64. The second-order valence-corrected chi connectivity index (χ2v) is 7.89. The van der Waals surface area contributed by atoms with Crippen LogP contribution in [0.3, 0.4) is 0 Å². The molecule has 1 aromatic heterocycles. The Labute approximate surface area is 131 Å². The van der Waals surface area contributed by atoms with Crippen LogP contribution in [0.25, 0.3) is 10.1 Å². The third kappa shape index (κ3) is 2.41. The van der Waals surface area contributed by atoms with Gasteiger partial charge in [0.15, 0.2) is 0 Å². The van der Waals surface area contributed by atoms with Crippen molar-refractivity contribution in [2.45, 2.75) is 52.3 Å². The summed E-state index contributed by atoms with van der Waals surface area (Å²) in [6, 6.07) is 9.62. The Hall–Kier alpha value is -0.900. The van der Waals surface area contributed by atoms with E-state index in [1.807, 2.05) is 18.4 Å². The molecule has 2 nitrogen and oxygen atoms in total. The summed E-state index contributed by atoms with van der Waals surface area (Å²) in [5, 5.41) is 5.22. The van der Waals surface area contributed by atoms with Crippen LogP contribution in [0.5, 0.6) is 0 Å². The second-order valence-electron chi connectivity index (χ2n) is 6.81. The summed E-state index contributed by atoms with van der Waals surface area (Å²) in [6.45, 7) is 9.13. The first kappa shape index (κ1) is 15.0. The van der Waals surface area contributed by atoms with E-state index in [4.69, 9.17) is 4.74 Å². The van der Waals surface area contributed by atoms with Gasteiger partial charge < -0.3 is 10.1 Å². The molecular formula is C18H25NOS. The van der Waals surface area contributed by atoms with Crippen molar-refractivity contribution in [3.8, 4) is 0 Å². The largest absolute Gasteiger partial charge is 0.381 e. The van der Waals surface area contributed by atoms with Crippen LogP contribution in [0.1, 0.15) is 43.7 Å². The average molecular weight is 303 g/mol. The Bertz CT molecular complexity index is 646. The van der Waals surface area contributed by atoms with Crippen LogP contribution in [-0.2, 0) is 4.74 Å². The lowest BCUT2D eigenvalue weighted by molar-refractivity contribution is -0.0998. The van der Waals surface area contributed by atoms with E-state index in [1.54, 1.807) is 0 Å². The number of ether oxygens (including phenoxy) is 1. The molecule has 1 heterocycles. The molecule has 1 aliphatic rings. The Morgan fingerprint density at radius 3 is 2.67 bits per heavy atom. The predicted molar refractivity (Wildman–Crippen MR) is 91.1 cm³/mol. The molecule has 0 bridgehead atoms. The van der Waals surface area contributed by atoms with Gasteiger partial charge in [-0.1, -0.05) is 32.0 Å². The number of thiophene rings is 1. The van der Waals surface area contributed by atoms with E-state index in [0.29, 0.717) is 18.2 Å². The highest BCUT2D eigenvalue weighted by atomic mass is 32.1. The van der Waals surface area contributed by atoms with Crippen molar-refractivity contribution in [3.63, 3.8) is 0 Å². The third-order valence-corrected chi connectivity index (χ3v) is 6.64. The molecule has 1 fully saturated rings. The lowest BCUT2D eigenvalue weighted by Crippen LogP contribution is -2.60. The molecule has 3 atom stereocenters. The van der Waals surface area contributed by atoms with Gasteiger partial charge in [-0.05, 0) is 37.3 Å². The summed E-state index contributed by atoms with van der Waals surface area (Å²) in [4.78, 5) is 1.47.